The molecule has 0 aromatic carbocycles. The molecule has 3 aliphatic rings. The molecule has 1 unspecified atom stereocenters. The SMILES string of the molecule is CCCCCCCC/C=C\CCCCCCCC(=O)OCC(COC(=O)CCCCCCC/C=C\CCCCCCCC)OC(=O)NCCO[C@@H]1O[C@H](CO)[C@H](OC2O[C@H](CO)[C@H](O)[C@H](OS(=O)(=O)[O-])[C@H]2O)[C@H](O[C@@H]2O[C@@H](C)[C@@H](O)[C@@H](O)[C@@H]2O)[C@H]1O.[Na+]. The summed E-state index contributed by atoms with van der Waals surface area (Å²) in [5, 5.41) is 87.8. The Hall–Kier alpha value is -2.00. The Bertz CT molecular complexity index is 1920. The summed E-state index contributed by atoms with van der Waals surface area (Å²) in [6.07, 6.45) is 7.78. The molecule has 3 aliphatic heterocycles. The van der Waals surface area contributed by atoms with E-state index in [4.69, 9.17) is 42.6 Å². The Morgan fingerprint density at radius 2 is 0.954 bits per heavy atom. The summed E-state index contributed by atoms with van der Waals surface area (Å²) in [5.74, 6) is -1.02. The summed E-state index contributed by atoms with van der Waals surface area (Å²) in [4.78, 5) is 38.9. The monoisotopic (exact) mass is 1280 g/mol. The molecule has 0 bridgehead atoms. The van der Waals surface area contributed by atoms with Crippen LogP contribution in [-0.4, -0.2) is 210 Å². The Morgan fingerprint density at radius 1 is 0.529 bits per heavy atom. The van der Waals surface area contributed by atoms with Crippen molar-refractivity contribution in [3.8, 4) is 0 Å². The van der Waals surface area contributed by atoms with Crippen LogP contribution >= 0.6 is 0 Å². The van der Waals surface area contributed by atoms with Crippen LogP contribution in [0.1, 0.15) is 201 Å². The molecule has 3 fully saturated rings. The first kappa shape index (κ1) is 81.1. The summed E-state index contributed by atoms with van der Waals surface area (Å²) in [5.41, 5.74) is 0. The van der Waals surface area contributed by atoms with E-state index in [1.165, 1.54) is 84.0 Å². The van der Waals surface area contributed by atoms with Gasteiger partial charge in [0.2, 0.25) is 10.4 Å². The maximum atomic E-state index is 13.2. The minimum Gasteiger partial charge on any atom is -0.726 e. The molecule has 3 rings (SSSR count). The Morgan fingerprint density at radius 3 is 1.43 bits per heavy atom. The summed E-state index contributed by atoms with van der Waals surface area (Å²) >= 11 is 0. The number of hydrogen-bond donors (Lipinski definition) is 9. The number of hydrogen-bond acceptors (Lipinski definition) is 24. The average Bonchev–Trinajstić information content (AvgIpc) is 1.10. The predicted molar refractivity (Wildman–Crippen MR) is 311 cm³/mol. The van der Waals surface area contributed by atoms with Crippen molar-refractivity contribution in [3.63, 3.8) is 0 Å². The van der Waals surface area contributed by atoms with Crippen molar-refractivity contribution in [2.24, 2.45) is 0 Å². The Balaban J connectivity index is 0.0000258. The number of alkyl carbamates (subject to hydrolysis) is 1. The second kappa shape index (κ2) is 47.8. The van der Waals surface area contributed by atoms with Crippen LogP contribution in [0.4, 0.5) is 4.79 Å². The van der Waals surface area contributed by atoms with Crippen LogP contribution < -0.4 is 34.9 Å². The fourth-order valence-electron chi connectivity index (χ4n) is 10.2. The molecule has 27 heteroatoms. The van der Waals surface area contributed by atoms with Crippen LogP contribution in [0.5, 0.6) is 0 Å². The second-order valence-electron chi connectivity index (χ2n) is 22.6. The maximum absolute atomic E-state index is 13.2. The Labute approximate surface area is 538 Å². The molecule has 15 atom stereocenters. The molecule has 3 heterocycles. The number of ether oxygens (including phenoxy) is 9. The molecule has 0 spiro atoms. The molecule has 0 aromatic rings. The Kier molecular flexibility index (Phi) is 44.6. The smallest absolute Gasteiger partial charge is 0.726 e. The summed E-state index contributed by atoms with van der Waals surface area (Å²) in [6, 6.07) is 0. The van der Waals surface area contributed by atoms with Crippen molar-refractivity contribution in [2.45, 2.75) is 299 Å². The standard InChI is InChI=1S/C60H107NO24S.Na/c1-4-6-8-10-12-14-16-18-20-22-24-26-28-30-32-34-46(64)77-40-43(41-78-47(65)35-33-31-29-27-25-23-21-19-17-15-13-11-9-7-5-2)80-60(72)61-36-37-76-57-53(71)56(84-58-51(69)50(68)48(66)42(3)79-58)54(45(39-63)82-57)83-59-52(70)55(85-86(73,74)75)49(67)44(38-62)81-59;/h18-21,42-45,48-59,62-63,66-71H,4-17,22-41H2,1-3H3,(H,61,72)(H,73,74,75);/q;+1/p-1/b20-18-,21-19-;/t42-,44+,45+,48+,49-,50+,51-,52+,53+,54-,55-,56+,57+,58-,59?;/m0./s1. The van der Waals surface area contributed by atoms with Crippen LogP contribution in [0.2, 0.25) is 0 Å². The number of amides is 1. The van der Waals surface area contributed by atoms with Gasteiger partial charge in [-0.3, -0.25) is 13.8 Å². The van der Waals surface area contributed by atoms with Gasteiger partial charge in [0.05, 0.1) is 25.9 Å². The number of carbonyl (C=O) groups is 3. The van der Waals surface area contributed by atoms with Gasteiger partial charge < -0.3 is 93.4 Å². The fraction of sp³-hybridized carbons (Fsp3) is 0.883. The van der Waals surface area contributed by atoms with Crippen LogP contribution in [-0.2, 0) is 66.8 Å². The third-order valence-electron chi connectivity index (χ3n) is 15.3. The molecule has 0 radical (unpaired) electrons. The third kappa shape index (κ3) is 33.4. The molecule has 0 aliphatic carbocycles. The van der Waals surface area contributed by atoms with E-state index in [0.29, 0.717) is 12.8 Å². The van der Waals surface area contributed by atoms with E-state index in [1.807, 2.05) is 0 Å². The first-order valence-corrected chi connectivity index (χ1v) is 33.1. The molecule has 502 valence electrons. The van der Waals surface area contributed by atoms with Crippen molar-refractivity contribution in [1.29, 1.82) is 0 Å². The molecule has 3 saturated heterocycles. The normalized spacial score (nSPS) is 27.8. The van der Waals surface area contributed by atoms with Crippen molar-refractivity contribution in [3.05, 3.63) is 24.3 Å². The minimum absolute atomic E-state index is 0. The largest absolute Gasteiger partial charge is 1.00 e. The summed E-state index contributed by atoms with van der Waals surface area (Å²) in [7, 11) is -5.59. The summed E-state index contributed by atoms with van der Waals surface area (Å²) in [6.45, 7) is 2.19. The first-order chi connectivity index (χ1) is 41.3. The predicted octanol–water partition coefficient (Wildman–Crippen LogP) is 2.22. The molecule has 87 heavy (non-hydrogen) atoms. The van der Waals surface area contributed by atoms with Crippen molar-refractivity contribution >= 4 is 28.4 Å². The van der Waals surface area contributed by atoms with Gasteiger partial charge >= 0.3 is 47.6 Å². The zero-order valence-corrected chi connectivity index (χ0v) is 54.9. The number of aliphatic hydroxyl groups excluding tert-OH is 8. The van der Waals surface area contributed by atoms with E-state index in [0.717, 1.165) is 77.0 Å². The topological polar surface area (TPSA) is 375 Å². The van der Waals surface area contributed by atoms with Crippen molar-refractivity contribution in [1.82, 2.24) is 5.32 Å². The number of unbranched alkanes of at least 4 members (excludes halogenated alkanes) is 22. The second-order valence-corrected chi connectivity index (χ2v) is 23.6. The zero-order chi connectivity index (χ0) is 63.1. The van der Waals surface area contributed by atoms with Gasteiger partial charge in [-0.25, -0.2) is 13.2 Å². The van der Waals surface area contributed by atoms with Crippen LogP contribution in [0.15, 0.2) is 24.3 Å². The third-order valence-corrected chi connectivity index (χ3v) is 15.8. The first-order valence-electron chi connectivity index (χ1n) is 31.7. The fourth-order valence-corrected chi connectivity index (χ4v) is 10.7. The molecule has 9 N–H and O–H groups in total. The van der Waals surface area contributed by atoms with Gasteiger partial charge in [-0.1, -0.05) is 141 Å². The van der Waals surface area contributed by atoms with Gasteiger partial charge in [0, 0.05) is 19.4 Å². The number of esters is 2. The van der Waals surface area contributed by atoms with E-state index in [2.05, 4.69) is 47.7 Å². The molecule has 0 saturated carbocycles. The van der Waals surface area contributed by atoms with E-state index in [9.17, 15) is 68.2 Å². The number of aliphatic hydroxyl groups is 8. The molecular weight excluding hydrogens is 1170 g/mol. The number of carbonyl (C=O) groups excluding carboxylic acids is 3. The molecule has 1 amide bonds. The number of nitrogens with one attached hydrogen (secondary N) is 1. The molecule has 0 aromatic heterocycles. The average molecular weight is 1280 g/mol. The van der Waals surface area contributed by atoms with E-state index < -0.39 is 160 Å². The maximum Gasteiger partial charge on any atom is 1.00 e. The van der Waals surface area contributed by atoms with Crippen LogP contribution in [0, 0.1) is 0 Å². The van der Waals surface area contributed by atoms with Crippen molar-refractivity contribution < 1.29 is 145 Å². The van der Waals surface area contributed by atoms with Gasteiger partial charge in [-0.15, -0.1) is 0 Å². The van der Waals surface area contributed by atoms with E-state index >= 15 is 0 Å². The van der Waals surface area contributed by atoms with Crippen molar-refractivity contribution in [2.75, 3.05) is 39.6 Å². The quantitative estimate of drug-likeness (QED) is 0.00802. The molecule has 25 nitrogen and oxygen atoms in total. The van der Waals surface area contributed by atoms with Gasteiger partial charge in [0.25, 0.3) is 0 Å². The van der Waals surface area contributed by atoms with Gasteiger partial charge in [0.15, 0.2) is 25.0 Å². The number of rotatable bonds is 47. The van der Waals surface area contributed by atoms with Gasteiger partial charge in [0.1, 0.15) is 80.4 Å². The zero-order valence-electron chi connectivity index (χ0n) is 52.1. The van der Waals surface area contributed by atoms with Crippen LogP contribution in [0.3, 0.4) is 0 Å². The van der Waals surface area contributed by atoms with Gasteiger partial charge in [-0.05, 0) is 71.1 Å². The van der Waals surface area contributed by atoms with Crippen LogP contribution in [0.25, 0.3) is 0 Å². The summed E-state index contributed by atoms with van der Waals surface area (Å²) < 4.78 is 89.7. The van der Waals surface area contributed by atoms with Gasteiger partial charge in [-0.2, -0.15) is 0 Å². The minimum atomic E-state index is -5.59. The number of allylic oxidation sites excluding steroid dienone is 4. The molecular formula is C60H106NNaO24S. The van der Waals surface area contributed by atoms with E-state index in [1.54, 1.807) is 0 Å². The van der Waals surface area contributed by atoms with E-state index in [-0.39, 0.29) is 48.9 Å².